The van der Waals surface area contributed by atoms with Crippen LogP contribution in [0.3, 0.4) is 0 Å². The molecule has 0 radical (unpaired) electrons. The van der Waals surface area contributed by atoms with E-state index in [0.29, 0.717) is 12.3 Å². The van der Waals surface area contributed by atoms with Crippen LogP contribution in [0.25, 0.3) is 0 Å². The Balaban J connectivity index is 1.71. The van der Waals surface area contributed by atoms with Gasteiger partial charge in [-0.3, -0.25) is 19.9 Å². The summed E-state index contributed by atoms with van der Waals surface area (Å²) in [6, 6.07) is 13.1. The van der Waals surface area contributed by atoms with Crippen LogP contribution in [0.5, 0.6) is 5.75 Å². The Labute approximate surface area is 155 Å². The topological polar surface area (TPSA) is 98.7 Å². The van der Waals surface area contributed by atoms with E-state index in [0.717, 1.165) is 5.56 Å². The summed E-state index contributed by atoms with van der Waals surface area (Å²) < 4.78 is 10.7. The molecule has 3 aromatic rings. The molecule has 27 heavy (non-hydrogen) atoms. The summed E-state index contributed by atoms with van der Waals surface area (Å²) in [6.07, 6.45) is 4.86. The summed E-state index contributed by atoms with van der Waals surface area (Å²) in [5.41, 5.74) is 0.665. The van der Waals surface area contributed by atoms with Gasteiger partial charge >= 0.3 is 5.69 Å². The van der Waals surface area contributed by atoms with Crippen molar-refractivity contribution < 1.29 is 18.9 Å². The van der Waals surface area contributed by atoms with Crippen LogP contribution in [-0.4, -0.2) is 27.3 Å². The molecule has 2 aromatic heterocycles. The number of hydrogen-bond acceptors (Lipinski definition) is 6. The van der Waals surface area contributed by atoms with Crippen LogP contribution in [-0.2, 0) is 17.9 Å². The maximum atomic E-state index is 12.7. The lowest BCUT2D eigenvalue weighted by molar-refractivity contribution is -0.385. The third-order valence-corrected chi connectivity index (χ3v) is 3.79. The van der Waals surface area contributed by atoms with Gasteiger partial charge in [-0.2, -0.15) is 0 Å². The molecule has 138 valence electrons. The zero-order valence-corrected chi connectivity index (χ0v) is 14.4. The van der Waals surface area contributed by atoms with E-state index in [4.69, 9.17) is 9.15 Å². The molecule has 8 nitrogen and oxygen atoms in total. The van der Waals surface area contributed by atoms with Crippen molar-refractivity contribution >= 4 is 11.6 Å². The predicted octanol–water partition coefficient (Wildman–Crippen LogP) is 3.19. The van der Waals surface area contributed by atoms with E-state index in [-0.39, 0.29) is 30.5 Å². The van der Waals surface area contributed by atoms with Crippen LogP contribution < -0.4 is 4.74 Å². The van der Waals surface area contributed by atoms with Crippen molar-refractivity contribution in [3.05, 3.63) is 88.6 Å². The van der Waals surface area contributed by atoms with Crippen LogP contribution in [0.15, 0.2) is 71.6 Å². The lowest BCUT2D eigenvalue weighted by atomic mass is 10.2. The highest BCUT2D eigenvalue weighted by Crippen LogP contribution is 2.25. The summed E-state index contributed by atoms with van der Waals surface area (Å²) in [5.74, 6) is 0.349. The first-order valence-electron chi connectivity index (χ1n) is 8.19. The number of carbonyl (C=O) groups excluding carboxylic acids is 1. The lowest BCUT2D eigenvalue weighted by Gasteiger charge is -2.21. The van der Waals surface area contributed by atoms with Crippen molar-refractivity contribution in [2.24, 2.45) is 0 Å². The van der Waals surface area contributed by atoms with Gasteiger partial charge < -0.3 is 14.1 Å². The number of nitrogens with zero attached hydrogens (tertiary/aromatic N) is 3. The fourth-order valence-electron chi connectivity index (χ4n) is 2.50. The molecule has 0 spiro atoms. The molecule has 0 bridgehead atoms. The summed E-state index contributed by atoms with van der Waals surface area (Å²) in [4.78, 5) is 28.8. The highest BCUT2D eigenvalue weighted by atomic mass is 16.6. The minimum atomic E-state index is -0.546. The molecule has 0 N–H and O–H groups in total. The average Bonchev–Trinajstić information content (AvgIpc) is 3.19. The first-order chi connectivity index (χ1) is 13.1. The monoisotopic (exact) mass is 367 g/mol. The summed E-state index contributed by atoms with van der Waals surface area (Å²) in [7, 11) is 0. The highest BCUT2D eigenvalue weighted by molar-refractivity contribution is 5.78. The number of nitro benzene ring substituents is 1. The van der Waals surface area contributed by atoms with E-state index in [1.807, 2.05) is 6.07 Å². The molecule has 0 saturated carbocycles. The Kier molecular flexibility index (Phi) is 5.78. The first-order valence-corrected chi connectivity index (χ1v) is 8.19. The number of ether oxygens (including phenoxy) is 1. The largest absolute Gasteiger partial charge is 0.477 e. The predicted molar refractivity (Wildman–Crippen MR) is 95.8 cm³/mol. The van der Waals surface area contributed by atoms with Gasteiger partial charge in [0, 0.05) is 25.0 Å². The van der Waals surface area contributed by atoms with Gasteiger partial charge in [0.15, 0.2) is 12.4 Å². The van der Waals surface area contributed by atoms with Gasteiger partial charge in [-0.1, -0.05) is 18.2 Å². The van der Waals surface area contributed by atoms with Gasteiger partial charge in [0.05, 0.1) is 17.7 Å². The molecule has 3 rings (SSSR count). The van der Waals surface area contributed by atoms with E-state index < -0.39 is 4.92 Å². The Morgan fingerprint density at radius 2 is 2.00 bits per heavy atom. The summed E-state index contributed by atoms with van der Waals surface area (Å²) in [5, 5.41) is 11.1. The standard InChI is InChI=1S/C19H17N3O5/c23-19(14-27-18-8-2-1-7-17(18)22(24)25)21(13-16-6-4-10-26-16)12-15-5-3-9-20-11-15/h1-11H,12-14H2. The van der Waals surface area contributed by atoms with Crippen LogP contribution in [0.2, 0.25) is 0 Å². The number of amides is 1. The maximum Gasteiger partial charge on any atom is 0.310 e. The number of benzene rings is 1. The van der Waals surface area contributed by atoms with E-state index in [2.05, 4.69) is 4.98 Å². The zero-order valence-electron chi connectivity index (χ0n) is 14.4. The van der Waals surface area contributed by atoms with Gasteiger partial charge in [0.25, 0.3) is 5.91 Å². The average molecular weight is 367 g/mol. The molecular formula is C19H17N3O5. The van der Waals surface area contributed by atoms with Crippen molar-refractivity contribution in [3.8, 4) is 5.75 Å². The molecule has 0 aliphatic rings. The molecule has 0 atom stereocenters. The van der Waals surface area contributed by atoms with Gasteiger partial charge in [-0.25, -0.2) is 0 Å². The second kappa shape index (κ2) is 8.61. The van der Waals surface area contributed by atoms with E-state index in [1.165, 1.54) is 18.4 Å². The normalized spacial score (nSPS) is 10.4. The quantitative estimate of drug-likeness (QED) is 0.448. The molecule has 2 heterocycles. The fraction of sp³-hybridized carbons (Fsp3) is 0.158. The number of nitro groups is 1. The van der Waals surface area contributed by atoms with Gasteiger partial charge in [-0.05, 0) is 29.8 Å². The molecule has 0 saturated heterocycles. The Hall–Kier alpha value is -3.68. The van der Waals surface area contributed by atoms with Crippen LogP contribution in [0.1, 0.15) is 11.3 Å². The minimum Gasteiger partial charge on any atom is -0.477 e. The molecule has 0 fully saturated rings. The van der Waals surface area contributed by atoms with Crippen molar-refractivity contribution in [2.75, 3.05) is 6.61 Å². The second-order valence-corrected chi connectivity index (χ2v) is 5.70. The van der Waals surface area contributed by atoms with Crippen molar-refractivity contribution in [3.63, 3.8) is 0 Å². The van der Waals surface area contributed by atoms with E-state index in [1.54, 1.807) is 47.6 Å². The smallest absolute Gasteiger partial charge is 0.310 e. The molecule has 0 aliphatic carbocycles. The third-order valence-electron chi connectivity index (χ3n) is 3.79. The number of furan rings is 1. The van der Waals surface area contributed by atoms with Crippen molar-refractivity contribution in [1.82, 2.24) is 9.88 Å². The first kappa shape index (κ1) is 18.1. The SMILES string of the molecule is O=C(COc1ccccc1[N+](=O)[O-])N(Cc1cccnc1)Cc1ccco1. The molecule has 0 unspecified atom stereocenters. The second-order valence-electron chi connectivity index (χ2n) is 5.70. The maximum absolute atomic E-state index is 12.7. The van der Waals surface area contributed by atoms with Crippen LogP contribution in [0, 0.1) is 10.1 Å². The summed E-state index contributed by atoms with van der Waals surface area (Å²) in [6.45, 7) is 0.237. The lowest BCUT2D eigenvalue weighted by Crippen LogP contribution is -2.34. The Bertz CT molecular complexity index is 897. The Morgan fingerprint density at radius 3 is 2.70 bits per heavy atom. The van der Waals surface area contributed by atoms with Crippen LogP contribution in [0.4, 0.5) is 5.69 Å². The van der Waals surface area contributed by atoms with E-state index >= 15 is 0 Å². The molecule has 8 heteroatoms. The Morgan fingerprint density at radius 1 is 1.15 bits per heavy atom. The van der Waals surface area contributed by atoms with Crippen LogP contribution >= 0.6 is 0 Å². The number of aromatic nitrogens is 1. The van der Waals surface area contributed by atoms with Gasteiger partial charge in [-0.15, -0.1) is 0 Å². The van der Waals surface area contributed by atoms with Gasteiger partial charge in [0.1, 0.15) is 5.76 Å². The fourth-order valence-corrected chi connectivity index (χ4v) is 2.50. The number of hydrogen-bond donors (Lipinski definition) is 0. The molecule has 0 aliphatic heterocycles. The zero-order chi connectivity index (χ0) is 19.1. The summed E-state index contributed by atoms with van der Waals surface area (Å²) >= 11 is 0. The molecule has 1 amide bonds. The number of carbonyl (C=O) groups is 1. The minimum absolute atomic E-state index is 0.0511. The van der Waals surface area contributed by atoms with Crippen molar-refractivity contribution in [1.29, 1.82) is 0 Å². The highest BCUT2D eigenvalue weighted by Gasteiger charge is 2.19. The number of pyridine rings is 1. The van der Waals surface area contributed by atoms with Crippen molar-refractivity contribution in [2.45, 2.75) is 13.1 Å². The molecular weight excluding hydrogens is 350 g/mol. The van der Waals surface area contributed by atoms with E-state index in [9.17, 15) is 14.9 Å². The molecule has 1 aromatic carbocycles. The van der Waals surface area contributed by atoms with Gasteiger partial charge in [0.2, 0.25) is 0 Å². The number of rotatable bonds is 8. The number of para-hydroxylation sites is 2. The third kappa shape index (κ3) is 4.91.